The summed E-state index contributed by atoms with van der Waals surface area (Å²) >= 11 is 0. The Kier molecular flexibility index (Phi) is 3.20. The van der Waals surface area contributed by atoms with E-state index in [0.29, 0.717) is 0 Å². The van der Waals surface area contributed by atoms with Crippen molar-refractivity contribution in [2.24, 2.45) is 0 Å². The number of allylic oxidation sites excluding steroid dienone is 2. The zero-order valence-electron chi connectivity index (χ0n) is 9.34. The summed E-state index contributed by atoms with van der Waals surface area (Å²) in [4.78, 5) is 12.8. The molecule has 0 saturated carbocycles. The summed E-state index contributed by atoms with van der Waals surface area (Å²) < 4.78 is 0. The molecule has 1 aromatic rings. The predicted molar refractivity (Wildman–Crippen MR) is 65.8 cm³/mol. The van der Waals surface area contributed by atoms with Gasteiger partial charge in [-0.15, -0.1) is 0 Å². The van der Waals surface area contributed by atoms with Gasteiger partial charge in [-0.2, -0.15) is 0 Å². The Morgan fingerprint density at radius 3 is 2.75 bits per heavy atom. The minimum Gasteiger partial charge on any atom is -0.370 e. The first-order valence-corrected chi connectivity index (χ1v) is 5.42. The molecule has 1 aliphatic heterocycles. The highest BCUT2D eigenvalue weighted by Crippen LogP contribution is 2.20. The lowest BCUT2D eigenvalue weighted by Gasteiger charge is -2.18. The molecule has 2 heteroatoms. The third kappa shape index (κ3) is 2.22. The quantitative estimate of drug-likeness (QED) is 0.703. The molecule has 0 saturated heterocycles. The maximum absolute atomic E-state index is 10.9. The molecule has 1 unspecified atom stereocenters. The van der Waals surface area contributed by atoms with Gasteiger partial charge in [-0.1, -0.05) is 36.4 Å². The molecule has 1 aliphatic rings. The van der Waals surface area contributed by atoms with Gasteiger partial charge < -0.3 is 9.69 Å². The second kappa shape index (κ2) is 4.79. The van der Waals surface area contributed by atoms with Crippen LogP contribution in [-0.4, -0.2) is 24.3 Å². The van der Waals surface area contributed by atoms with E-state index in [1.54, 1.807) is 0 Å². The molecule has 0 spiro atoms. The highest BCUT2D eigenvalue weighted by molar-refractivity contribution is 5.75. The summed E-state index contributed by atoms with van der Waals surface area (Å²) in [5.41, 5.74) is 2.37. The molecule has 16 heavy (non-hydrogen) atoms. The van der Waals surface area contributed by atoms with E-state index in [-0.39, 0.29) is 6.04 Å². The van der Waals surface area contributed by atoms with Crippen LogP contribution in [0.1, 0.15) is 12.0 Å². The second-order valence-electron chi connectivity index (χ2n) is 3.95. The molecule has 0 amide bonds. The van der Waals surface area contributed by atoms with Gasteiger partial charge in [-0.05, 0) is 23.6 Å². The molecule has 82 valence electrons. The first kappa shape index (κ1) is 10.7. The Balaban J connectivity index is 2.27. The Morgan fingerprint density at radius 2 is 2.06 bits per heavy atom. The van der Waals surface area contributed by atoms with Crippen LogP contribution in [0, 0.1) is 0 Å². The van der Waals surface area contributed by atoms with E-state index in [1.165, 1.54) is 11.1 Å². The van der Waals surface area contributed by atoms with Crippen molar-refractivity contribution in [3.8, 4) is 0 Å². The van der Waals surface area contributed by atoms with Crippen LogP contribution in [-0.2, 0) is 4.79 Å². The Morgan fingerprint density at radius 1 is 1.31 bits per heavy atom. The van der Waals surface area contributed by atoms with Crippen molar-refractivity contribution in [1.29, 1.82) is 0 Å². The molecule has 0 bridgehead atoms. The van der Waals surface area contributed by atoms with E-state index in [4.69, 9.17) is 0 Å². The van der Waals surface area contributed by atoms with Crippen molar-refractivity contribution in [2.45, 2.75) is 12.5 Å². The van der Waals surface area contributed by atoms with Crippen molar-refractivity contribution in [2.75, 3.05) is 7.05 Å². The Hall–Kier alpha value is -1.83. The van der Waals surface area contributed by atoms with E-state index in [0.717, 1.165) is 12.7 Å². The molecule has 0 aliphatic carbocycles. The molecule has 0 aromatic heterocycles. The van der Waals surface area contributed by atoms with Crippen LogP contribution in [0.15, 0.2) is 48.7 Å². The highest BCUT2D eigenvalue weighted by atomic mass is 16.1. The van der Waals surface area contributed by atoms with Crippen LogP contribution in [0.3, 0.4) is 0 Å². The maximum Gasteiger partial charge on any atom is 0.142 e. The fourth-order valence-corrected chi connectivity index (χ4v) is 1.79. The molecular formula is C14H15NO. The largest absolute Gasteiger partial charge is 0.370 e. The van der Waals surface area contributed by atoms with Crippen LogP contribution in [0.4, 0.5) is 0 Å². The van der Waals surface area contributed by atoms with Crippen LogP contribution in [0.25, 0.3) is 5.57 Å². The van der Waals surface area contributed by atoms with E-state index < -0.39 is 0 Å². The van der Waals surface area contributed by atoms with Crippen molar-refractivity contribution < 1.29 is 4.79 Å². The summed E-state index contributed by atoms with van der Waals surface area (Å²) in [6, 6.07) is 10.2. The van der Waals surface area contributed by atoms with Crippen LogP contribution >= 0.6 is 0 Å². The number of nitrogens with zero attached hydrogens (tertiary/aromatic N) is 1. The molecule has 1 heterocycles. The van der Waals surface area contributed by atoms with Gasteiger partial charge in [0, 0.05) is 13.2 Å². The van der Waals surface area contributed by atoms with Crippen LogP contribution in [0.5, 0.6) is 0 Å². The van der Waals surface area contributed by atoms with Crippen molar-refractivity contribution in [1.82, 2.24) is 4.90 Å². The fraction of sp³-hybridized carbons (Fsp3) is 0.214. The van der Waals surface area contributed by atoms with Crippen molar-refractivity contribution >= 4 is 11.9 Å². The molecule has 1 aromatic carbocycles. The van der Waals surface area contributed by atoms with Gasteiger partial charge in [0.25, 0.3) is 0 Å². The number of hydrogen-bond donors (Lipinski definition) is 0. The second-order valence-corrected chi connectivity index (χ2v) is 3.95. The number of carbonyl (C=O) groups excluding carboxylic acids is 1. The number of benzene rings is 1. The van der Waals surface area contributed by atoms with Gasteiger partial charge in [0.15, 0.2) is 0 Å². The Bertz CT molecular complexity index is 420. The first-order chi connectivity index (χ1) is 7.81. The predicted octanol–water partition coefficient (Wildman–Crippen LogP) is 2.49. The molecule has 0 radical (unpaired) electrons. The van der Waals surface area contributed by atoms with E-state index in [1.807, 2.05) is 36.3 Å². The van der Waals surface area contributed by atoms with E-state index >= 15 is 0 Å². The van der Waals surface area contributed by atoms with E-state index in [2.05, 4.69) is 24.3 Å². The Labute approximate surface area is 95.9 Å². The normalized spacial score (nSPS) is 20.2. The average molecular weight is 213 g/mol. The zero-order chi connectivity index (χ0) is 11.4. The first-order valence-electron chi connectivity index (χ1n) is 5.42. The number of likely N-dealkylation sites (N-methyl/N-ethyl adjacent to an activating group) is 1. The summed E-state index contributed by atoms with van der Waals surface area (Å²) in [5.74, 6) is 0. The lowest BCUT2D eigenvalue weighted by molar-refractivity contribution is -0.111. The standard InChI is InChI=1S/C14H15NO/c1-15-10-9-13(7-8-14(15)11-16)12-5-3-2-4-6-12/h2-7,9-11,14H,8H2,1H3. The summed E-state index contributed by atoms with van der Waals surface area (Å²) in [6.45, 7) is 0. The van der Waals surface area contributed by atoms with Gasteiger partial charge in [-0.25, -0.2) is 0 Å². The topological polar surface area (TPSA) is 20.3 Å². The van der Waals surface area contributed by atoms with Gasteiger partial charge in [0.05, 0.1) is 6.04 Å². The van der Waals surface area contributed by atoms with E-state index in [9.17, 15) is 4.79 Å². The van der Waals surface area contributed by atoms with Gasteiger partial charge >= 0.3 is 0 Å². The number of hydrogen-bond acceptors (Lipinski definition) is 2. The molecular weight excluding hydrogens is 198 g/mol. The summed E-state index contributed by atoms with van der Waals surface area (Å²) in [7, 11) is 1.93. The minimum atomic E-state index is -0.0440. The smallest absolute Gasteiger partial charge is 0.142 e. The SMILES string of the molecule is CN1C=CC(c2ccccc2)=CCC1C=O. The van der Waals surface area contributed by atoms with Gasteiger partial charge in [-0.3, -0.25) is 0 Å². The average Bonchev–Trinajstić information content (AvgIpc) is 2.52. The molecule has 2 rings (SSSR count). The maximum atomic E-state index is 10.9. The van der Waals surface area contributed by atoms with Crippen LogP contribution < -0.4 is 0 Å². The summed E-state index contributed by atoms with van der Waals surface area (Å²) in [5, 5.41) is 0. The monoisotopic (exact) mass is 213 g/mol. The zero-order valence-corrected chi connectivity index (χ0v) is 9.34. The van der Waals surface area contributed by atoms with Gasteiger partial charge in [0.1, 0.15) is 6.29 Å². The minimum absolute atomic E-state index is 0.0440. The lowest BCUT2D eigenvalue weighted by Crippen LogP contribution is -2.26. The third-order valence-electron chi connectivity index (χ3n) is 2.86. The highest BCUT2D eigenvalue weighted by Gasteiger charge is 2.12. The van der Waals surface area contributed by atoms with Crippen molar-refractivity contribution in [3.05, 3.63) is 54.2 Å². The molecule has 2 nitrogen and oxygen atoms in total. The molecule has 0 fully saturated rings. The molecule has 0 N–H and O–H groups in total. The number of rotatable bonds is 2. The number of carbonyl (C=O) groups is 1. The van der Waals surface area contributed by atoms with Crippen molar-refractivity contribution in [3.63, 3.8) is 0 Å². The third-order valence-corrected chi connectivity index (χ3v) is 2.86. The summed E-state index contributed by atoms with van der Waals surface area (Å²) in [6.07, 6.45) is 7.89. The lowest BCUT2D eigenvalue weighted by atomic mass is 10.0. The molecule has 1 atom stereocenters. The van der Waals surface area contributed by atoms with Crippen LogP contribution in [0.2, 0.25) is 0 Å². The fourth-order valence-electron chi connectivity index (χ4n) is 1.79. The van der Waals surface area contributed by atoms with Gasteiger partial charge in [0.2, 0.25) is 0 Å². The number of aldehydes is 1.